The van der Waals surface area contributed by atoms with Gasteiger partial charge in [0.2, 0.25) is 0 Å². The first-order valence-corrected chi connectivity index (χ1v) is 6.64. The van der Waals surface area contributed by atoms with Gasteiger partial charge in [0.1, 0.15) is 6.04 Å². The highest BCUT2D eigenvalue weighted by atomic mass is 16.4. The Morgan fingerprint density at radius 1 is 1.29 bits per heavy atom. The molecule has 1 aliphatic heterocycles. The fourth-order valence-electron chi connectivity index (χ4n) is 3.81. The van der Waals surface area contributed by atoms with Gasteiger partial charge in [0, 0.05) is 12.3 Å². The van der Waals surface area contributed by atoms with Crippen LogP contribution in [0.25, 0.3) is 0 Å². The van der Waals surface area contributed by atoms with E-state index < -0.39 is 6.09 Å². The minimum atomic E-state index is -0.887. The van der Waals surface area contributed by atoms with Crippen molar-refractivity contribution in [1.29, 1.82) is 0 Å². The summed E-state index contributed by atoms with van der Waals surface area (Å²) in [5, 5.41) is 11.8. The van der Waals surface area contributed by atoms with E-state index in [1.165, 1.54) is 6.42 Å². The van der Waals surface area contributed by atoms with Crippen LogP contribution >= 0.6 is 0 Å². The predicted molar refractivity (Wildman–Crippen MR) is 65.2 cm³/mol. The maximum atomic E-state index is 11.8. The van der Waals surface area contributed by atoms with E-state index >= 15 is 0 Å². The second-order valence-corrected chi connectivity index (χ2v) is 6.44. The molecule has 1 amide bonds. The standard InChI is InChI=1S/C14H23NO2/c1-14(2,3)15(13(16)17)10-6-8-11-7-4-5-9-12(11)15/h4-5,11-12H,6-10H2,1-3H3/t11-,12?,15+/m0/s1. The van der Waals surface area contributed by atoms with Crippen LogP contribution in [-0.4, -0.2) is 28.7 Å². The minimum Gasteiger partial charge on any atom is -0.498 e. The molecule has 0 bridgehead atoms. The van der Waals surface area contributed by atoms with Crippen molar-refractivity contribution in [3.05, 3.63) is 12.2 Å². The van der Waals surface area contributed by atoms with Gasteiger partial charge in [-0.05, 0) is 40.0 Å². The van der Waals surface area contributed by atoms with E-state index in [0.717, 1.165) is 25.8 Å². The molecule has 3 nitrogen and oxygen atoms in total. The van der Waals surface area contributed by atoms with Gasteiger partial charge in [0.05, 0.1) is 12.1 Å². The molecule has 1 unspecified atom stereocenters. The summed E-state index contributed by atoms with van der Waals surface area (Å²) in [6, 6.07) is 0.207. The Bertz CT molecular complexity index is 343. The molecule has 3 heteroatoms. The minimum absolute atomic E-state index is 0.141. The number of quaternary nitrogens is 1. The molecule has 2 aliphatic rings. The van der Waals surface area contributed by atoms with Gasteiger partial charge in [0.15, 0.2) is 0 Å². The van der Waals surface area contributed by atoms with Crippen molar-refractivity contribution >= 4 is 6.09 Å². The molecule has 1 saturated heterocycles. The highest BCUT2D eigenvalue weighted by Gasteiger charge is 2.53. The summed E-state index contributed by atoms with van der Waals surface area (Å²) in [6.45, 7) is 6.82. The van der Waals surface area contributed by atoms with Crippen molar-refractivity contribution in [2.45, 2.75) is 58.0 Å². The van der Waals surface area contributed by atoms with Gasteiger partial charge in [-0.3, -0.25) is 4.48 Å². The number of fused-ring (bicyclic) bond motifs is 1. The Hall–Kier alpha value is -0.830. The largest absolute Gasteiger partial charge is 0.498 e. The Morgan fingerprint density at radius 2 is 1.94 bits per heavy atom. The summed E-state index contributed by atoms with van der Waals surface area (Å²) < 4.78 is 0.141. The summed E-state index contributed by atoms with van der Waals surface area (Å²) in [5.74, 6) is 0.519. The number of hydrogen-bond acceptors (Lipinski definition) is 2. The van der Waals surface area contributed by atoms with Crippen LogP contribution in [0, 0.1) is 5.92 Å². The number of likely N-dealkylation sites (tertiary alicyclic amines) is 1. The Kier molecular flexibility index (Phi) is 3.06. The zero-order valence-corrected chi connectivity index (χ0v) is 11.1. The average Bonchev–Trinajstić information content (AvgIpc) is 2.26. The molecule has 1 fully saturated rings. The number of allylic oxidation sites excluding steroid dienone is 1. The normalized spacial score (nSPS) is 37.6. The van der Waals surface area contributed by atoms with Gasteiger partial charge < -0.3 is 9.90 Å². The molecule has 0 radical (unpaired) electrons. The molecule has 17 heavy (non-hydrogen) atoms. The van der Waals surface area contributed by atoms with E-state index in [-0.39, 0.29) is 16.1 Å². The van der Waals surface area contributed by atoms with Gasteiger partial charge in [0.25, 0.3) is 6.09 Å². The summed E-state index contributed by atoms with van der Waals surface area (Å²) in [4.78, 5) is 11.8. The number of hydrogen-bond donors (Lipinski definition) is 0. The smallest absolute Gasteiger partial charge is 0.258 e. The lowest BCUT2D eigenvalue weighted by atomic mass is 9.77. The lowest BCUT2D eigenvalue weighted by Crippen LogP contribution is -2.75. The second-order valence-electron chi connectivity index (χ2n) is 6.44. The molecule has 0 aromatic carbocycles. The first kappa shape index (κ1) is 12.6. The Balaban J connectivity index is 2.43. The molecule has 96 valence electrons. The molecular formula is C14H23NO2. The maximum Gasteiger partial charge on any atom is 0.258 e. The molecule has 0 aromatic rings. The van der Waals surface area contributed by atoms with Crippen LogP contribution in [0.15, 0.2) is 12.2 Å². The molecule has 0 spiro atoms. The number of amides is 1. The van der Waals surface area contributed by atoms with E-state index in [9.17, 15) is 9.90 Å². The molecular weight excluding hydrogens is 214 g/mol. The third-order valence-corrected chi connectivity index (χ3v) is 4.70. The van der Waals surface area contributed by atoms with Crippen molar-refractivity contribution in [2.24, 2.45) is 5.92 Å². The number of carbonyl (C=O) groups excluding carboxylic acids is 1. The predicted octanol–water partition coefficient (Wildman–Crippen LogP) is 2.07. The fourth-order valence-corrected chi connectivity index (χ4v) is 3.81. The van der Waals surface area contributed by atoms with Crippen LogP contribution in [0.3, 0.4) is 0 Å². The molecule has 0 aromatic heterocycles. The maximum absolute atomic E-state index is 11.8. The fraction of sp³-hybridized carbons (Fsp3) is 0.786. The topological polar surface area (TPSA) is 40.1 Å². The van der Waals surface area contributed by atoms with Crippen LogP contribution in [-0.2, 0) is 0 Å². The Labute approximate surface area is 104 Å². The number of carboxylic acid groups (broad SMARTS) is 1. The summed E-state index contributed by atoms with van der Waals surface area (Å²) >= 11 is 0. The van der Waals surface area contributed by atoms with E-state index in [2.05, 4.69) is 12.2 Å². The van der Waals surface area contributed by atoms with Gasteiger partial charge in [-0.1, -0.05) is 12.2 Å². The Morgan fingerprint density at radius 3 is 2.53 bits per heavy atom. The lowest BCUT2D eigenvalue weighted by Gasteiger charge is -2.57. The van der Waals surface area contributed by atoms with Crippen molar-refractivity contribution in [3.63, 3.8) is 0 Å². The molecule has 1 heterocycles. The van der Waals surface area contributed by atoms with Gasteiger partial charge in [-0.15, -0.1) is 0 Å². The van der Waals surface area contributed by atoms with E-state index in [1.807, 2.05) is 20.8 Å². The second kappa shape index (κ2) is 4.13. The molecule has 1 aliphatic carbocycles. The van der Waals surface area contributed by atoms with Crippen LogP contribution < -0.4 is 5.11 Å². The zero-order valence-electron chi connectivity index (χ0n) is 11.1. The highest BCUT2D eigenvalue weighted by Crippen LogP contribution is 2.42. The average molecular weight is 237 g/mol. The molecule has 0 saturated carbocycles. The SMILES string of the molecule is CC(C)(C)[N@+]1(C(=O)[O-])CCC[C@@H]2CC=CCC21. The molecule has 2 rings (SSSR count). The number of piperidine rings is 1. The van der Waals surface area contributed by atoms with Crippen molar-refractivity contribution in [3.8, 4) is 0 Å². The first-order valence-electron chi connectivity index (χ1n) is 6.64. The molecule has 3 atom stereocenters. The summed E-state index contributed by atoms with van der Waals surface area (Å²) in [5.41, 5.74) is -0.284. The van der Waals surface area contributed by atoms with Crippen LogP contribution in [0.4, 0.5) is 4.79 Å². The summed E-state index contributed by atoms with van der Waals surface area (Å²) in [7, 11) is 0. The van der Waals surface area contributed by atoms with Gasteiger partial charge in [-0.2, -0.15) is 0 Å². The van der Waals surface area contributed by atoms with Crippen LogP contribution in [0.5, 0.6) is 0 Å². The molecule has 0 N–H and O–H groups in total. The van der Waals surface area contributed by atoms with Crippen molar-refractivity contribution in [2.75, 3.05) is 6.54 Å². The number of nitrogens with zero attached hydrogens (tertiary/aromatic N) is 1. The van der Waals surface area contributed by atoms with Crippen molar-refractivity contribution < 1.29 is 14.4 Å². The monoisotopic (exact) mass is 237 g/mol. The zero-order chi connectivity index (χ0) is 12.7. The number of rotatable bonds is 0. The van der Waals surface area contributed by atoms with Crippen LogP contribution in [0.1, 0.15) is 46.5 Å². The lowest BCUT2D eigenvalue weighted by molar-refractivity contribution is -0.949. The first-order chi connectivity index (χ1) is 7.89. The summed E-state index contributed by atoms with van der Waals surface area (Å²) in [6.07, 6.45) is 7.55. The van der Waals surface area contributed by atoms with Gasteiger partial charge in [-0.25, -0.2) is 0 Å². The van der Waals surface area contributed by atoms with Crippen molar-refractivity contribution in [1.82, 2.24) is 0 Å². The van der Waals surface area contributed by atoms with E-state index in [1.54, 1.807) is 0 Å². The van der Waals surface area contributed by atoms with E-state index in [0.29, 0.717) is 5.92 Å². The van der Waals surface area contributed by atoms with Crippen LogP contribution in [0.2, 0.25) is 0 Å². The highest BCUT2D eigenvalue weighted by molar-refractivity contribution is 5.55. The third-order valence-electron chi connectivity index (χ3n) is 4.70. The van der Waals surface area contributed by atoms with E-state index in [4.69, 9.17) is 0 Å². The third kappa shape index (κ3) is 1.81. The van der Waals surface area contributed by atoms with Gasteiger partial charge >= 0.3 is 0 Å². The number of carbonyl (C=O) groups is 1. The quantitative estimate of drug-likeness (QED) is 0.478.